The molecule has 3 aliphatic rings. The normalized spacial score (nSPS) is 17.6. The molecule has 3 aliphatic heterocycles. The van der Waals surface area contributed by atoms with E-state index in [0.717, 1.165) is 22.6 Å². The molecular formula is C48H50N12O7. The number of benzene rings is 3. The van der Waals surface area contributed by atoms with Gasteiger partial charge in [-0.05, 0) is 101 Å². The third kappa shape index (κ3) is 9.56. The van der Waals surface area contributed by atoms with Crippen molar-refractivity contribution in [3.8, 4) is 28.8 Å². The average Bonchev–Trinajstić information content (AvgIpc) is 3.84. The average molecular weight is 907 g/mol. The first-order chi connectivity index (χ1) is 32.2. The number of ether oxygens (including phenoxy) is 1. The van der Waals surface area contributed by atoms with Crippen molar-refractivity contribution in [2.75, 3.05) is 50.8 Å². The molecule has 19 heteroatoms. The molecular weight excluding hydrogens is 857 g/mol. The highest BCUT2D eigenvalue weighted by atomic mass is 16.5. The molecule has 6 amide bonds. The standard InChI is InChI=1S/C48H50N12O7/c1-48(2,57(3)22-9-21-51-38(62)26-52-35-14-7-13-34-39(35)47(66)59(46(34)65)36-19-20-37(61)55-44(36)63)24-30(25-49)45(64)58-23-8-10-31(27-58)60-43-40(42(50)53-28-54-43)41(56-60)29-15-17-33(18-16-29)67-32-11-5-4-6-12-32/h4-7,11-18,24,28,31,36,52H,8-10,19-23,26-27H2,1-3H3,(H,51,62)(H2,50,53,54)(H,55,61,63)/t31-,36?/m1/s1. The molecule has 0 saturated carbocycles. The first-order valence-electron chi connectivity index (χ1n) is 22.0. The second-order valence-corrected chi connectivity index (χ2v) is 17.2. The van der Waals surface area contributed by atoms with Crippen LogP contribution < -0.4 is 26.4 Å². The molecule has 67 heavy (non-hydrogen) atoms. The van der Waals surface area contributed by atoms with Crippen molar-refractivity contribution < 1.29 is 33.5 Å². The number of para-hydroxylation sites is 1. The maximum atomic E-state index is 14.0. The number of nitrogens with zero attached hydrogens (tertiary/aromatic N) is 8. The molecule has 344 valence electrons. The Morgan fingerprint density at radius 1 is 1.00 bits per heavy atom. The van der Waals surface area contributed by atoms with Crippen molar-refractivity contribution in [1.29, 1.82) is 5.26 Å². The van der Waals surface area contributed by atoms with E-state index in [9.17, 15) is 34.0 Å². The molecule has 0 spiro atoms. The minimum Gasteiger partial charge on any atom is -0.457 e. The number of nitrogens with two attached hydrogens (primary N) is 1. The van der Waals surface area contributed by atoms with E-state index in [1.54, 1.807) is 23.1 Å². The monoisotopic (exact) mass is 906 g/mol. The van der Waals surface area contributed by atoms with Crippen LogP contribution in [0.3, 0.4) is 0 Å². The van der Waals surface area contributed by atoms with Crippen LogP contribution in [0.4, 0.5) is 11.5 Å². The number of likely N-dealkylation sites (N-methyl/N-ethyl adjacent to an activating group) is 1. The molecule has 19 nitrogen and oxygen atoms in total. The summed E-state index contributed by atoms with van der Waals surface area (Å²) in [7, 11) is 1.88. The molecule has 2 fully saturated rings. The number of rotatable bonds is 15. The smallest absolute Gasteiger partial charge is 0.264 e. The number of nitrogen functional groups attached to an aromatic ring is 1. The Labute approximate surface area is 385 Å². The number of piperidine rings is 2. The zero-order valence-corrected chi connectivity index (χ0v) is 37.3. The lowest BCUT2D eigenvalue weighted by atomic mass is 9.97. The predicted octanol–water partition coefficient (Wildman–Crippen LogP) is 4.21. The quantitative estimate of drug-likeness (QED) is 0.0497. The number of fused-ring (bicyclic) bond motifs is 2. The van der Waals surface area contributed by atoms with E-state index < -0.39 is 35.2 Å². The van der Waals surface area contributed by atoms with E-state index in [-0.39, 0.29) is 65.4 Å². The number of hydrogen-bond donors (Lipinski definition) is 4. The van der Waals surface area contributed by atoms with Crippen molar-refractivity contribution in [2.24, 2.45) is 0 Å². The molecule has 3 aromatic carbocycles. The molecule has 5 N–H and O–H groups in total. The fraction of sp³-hybridized carbons (Fsp3) is 0.333. The number of amides is 6. The van der Waals surface area contributed by atoms with Gasteiger partial charge in [-0.2, -0.15) is 10.4 Å². The first kappa shape index (κ1) is 45.6. The predicted molar refractivity (Wildman–Crippen MR) is 246 cm³/mol. The number of nitriles is 1. The van der Waals surface area contributed by atoms with Crippen molar-refractivity contribution in [1.82, 2.24) is 45.1 Å². The number of nitrogens with one attached hydrogen (secondary N) is 3. The fourth-order valence-corrected chi connectivity index (χ4v) is 8.60. The molecule has 1 unspecified atom stereocenters. The lowest BCUT2D eigenvalue weighted by Crippen LogP contribution is -2.54. The van der Waals surface area contributed by atoms with Gasteiger partial charge in [0, 0.05) is 49.4 Å². The lowest BCUT2D eigenvalue weighted by molar-refractivity contribution is -0.136. The van der Waals surface area contributed by atoms with Gasteiger partial charge in [-0.15, -0.1) is 0 Å². The molecule has 8 rings (SSSR count). The van der Waals surface area contributed by atoms with Crippen LogP contribution in [0.2, 0.25) is 0 Å². The Morgan fingerprint density at radius 2 is 1.76 bits per heavy atom. The van der Waals surface area contributed by atoms with E-state index in [4.69, 9.17) is 15.6 Å². The molecule has 0 radical (unpaired) electrons. The van der Waals surface area contributed by atoms with Gasteiger partial charge in [-0.1, -0.05) is 24.3 Å². The Bertz CT molecular complexity index is 2840. The summed E-state index contributed by atoms with van der Waals surface area (Å²) in [4.78, 5) is 91.0. The molecule has 0 bridgehead atoms. The van der Waals surface area contributed by atoms with Crippen molar-refractivity contribution in [3.05, 3.63) is 102 Å². The number of carbonyl (C=O) groups excluding carboxylic acids is 6. The number of aromatic nitrogens is 4. The largest absolute Gasteiger partial charge is 0.457 e. The van der Waals surface area contributed by atoms with Gasteiger partial charge in [0.15, 0.2) is 5.65 Å². The van der Waals surface area contributed by atoms with Crippen LogP contribution in [0.25, 0.3) is 22.3 Å². The summed E-state index contributed by atoms with van der Waals surface area (Å²) in [5.74, 6) is -1.55. The van der Waals surface area contributed by atoms with Gasteiger partial charge < -0.3 is 26.0 Å². The summed E-state index contributed by atoms with van der Waals surface area (Å²) in [5, 5.41) is 23.9. The number of hydrogen-bond acceptors (Lipinski definition) is 14. The third-order valence-corrected chi connectivity index (χ3v) is 12.4. The van der Waals surface area contributed by atoms with E-state index in [1.807, 2.05) is 85.1 Å². The van der Waals surface area contributed by atoms with E-state index in [2.05, 4.69) is 32.0 Å². The van der Waals surface area contributed by atoms with Crippen LogP contribution in [0, 0.1) is 11.3 Å². The second kappa shape index (κ2) is 19.2. The van der Waals surface area contributed by atoms with Crippen LogP contribution in [0.15, 0.2) is 90.8 Å². The van der Waals surface area contributed by atoms with Gasteiger partial charge in [-0.25, -0.2) is 14.6 Å². The van der Waals surface area contributed by atoms with Gasteiger partial charge >= 0.3 is 0 Å². The Morgan fingerprint density at radius 3 is 2.51 bits per heavy atom. The fourth-order valence-electron chi connectivity index (χ4n) is 8.60. The zero-order valence-electron chi connectivity index (χ0n) is 37.3. The summed E-state index contributed by atoms with van der Waals surface area (Å²) in [6, 6.07) is 22.4. The van der Waals surface area contributed by atoms with Crippen LogP contribution in [0.1, 0.15) is 72.7 Å². The van der Waals surface area contributed by atoms with Crippen LogP contribution in [0.5, 0.6) is 11.5 Å². The molecule has 5 heterocycles. The van der Waals surface area contributed by atoms with Gasteiger partial charge in [0.2, 0.25) is 17.7 Å². The van der Waals surface area contributed by atoms with Crippen LogP contribution in [-0.2, 0) is 19.2 Å². The highest BCUT2D eigenvalue weighted by Gasteiger charge is 2.45. The number of likely N-dealkylation sites (tertiary alicyclic amines) is 1. The van der Waals surface area contributed by atoms with Crippen molar-refractivity contribution >= 4 is 58.0 Å². The highest BCUT2D eigenvalue weighted by molar-refractivity contribution is 6.25. The van der Waals surface area contributed by atoms with Crippen LogP contribution in [-0.4, -0.2) is 121 Å². The topological polar surface area (TPSA) is 251 Å². The van der Waals surface area contributed by atoms with Crippen molar-refractivity contribution in [3.63, 3.8) is 0 Å². The Kier molecular flexibility index (Phi) is 13.1. The van der Waals surface area contributed by atoms with Crippen molar-refractivity contribution in [2.45, 2.75) is 63.6 Å². The number of carbonyl (C=O) groups is 6. The highest BCUT2D eigenvalue weighted by Crippen LogP contribution is 2.36. The molecule has 2 aromatic heterocycles. The number of anilines is 2. The first-order valence-corrected chi connectivity index (χ1v) is 22.0. The summed E-state index contributed by atoms with van der Waals surface area (Å²) in [6.45, 7) is 5.22. The SMILES string of the molecule is CN(CCCNC(=O)CNc1cccc2c1C(=O)N(C1CCC(=O)NC1=O)C2=O)C(C)(C)C=C(C#N)C(=O)N1CCC[C@@H](n2nc(-c3ccc(Oc4ccccc4)cc3)c3c(N)ncnc32)C1. The van der Waals surface area contributed by atoms with Gasteiger partial charge in [0.25, 0.3) is 17.7 Å². The Hall–Kier alpha value is -7.98. The molecule has 0 aliphatic carbocycles. The second-order valence-electron chi connectivity index (χ2n) is 17.2. The van der Waals surface area contributed by atoms with Gasteiger partial charge in [0.05, 0.1) is 29.1 Å². The van der Waals surface area contributed by atoms with Gasteiger partial charge in [0.1, 0.15) is 47.0 Å². The molecule has 5 aromatic rings. The maximum absolute atomic E-state index is 14.0. The number of imide groups is 2. The third-order valence-electron chi connectivity index (χ3n) is 12.4. The summed E-state index contributed by atoms with van der Waals surface area (Å²) in [5.41, 5.74) is 8.10. The van der Waals surface area contributed by atoms with E-state index >= 15 is 0 Å². The summed E-state index contributed by atoms with van der Waals surface area (Å²) < 4.78 is 7.80. The minimum atomic E-state index is -1.10. The molecule has 2 saturated heterocycles. The van der Waals surface area contributed by atoms with Crippen LogP contribution >= 0.6 is 0 Å². The lowest BCUT2D eigenvalue weighted by Gasteiger charge is -2.35. The maximum Gasteiger partial charge on any atom is 0.264 e. The summed E-state index contributed by atoms with van der Waals surface area (Å²) >= 11 is 0. The minimum absolute atomic E-state index is 0.00547. The van der Waals surface area contributed by atoms with E-state index in [0.29, 0.717) is 61.5 Å². The Balaban J connectivity index is 0.851. The zero-order chi connectivity index (χ0) is 47.4. The summed E-state index contributed by atoms with van der Waals surface area (Å²) in [6.07, 6.45) is 5.05. The molecule has 2 atom stereocenters. The van der Waals surface area contributed by atoms with E-state index in [1.165, 1.54) is 12.4 Å². The van der Waals surface area contributed by atoms with Gasteiger partial charge in [-0.3, -0.25) is 43.9 Å².